The van der Waals surface area contributed by atoms with Crippen molar-refractivity contribution in [1.29, 1.82) is 0 Å². The van der Waals surface area contributed by atoms with Gasteiger partial charge in [0.1, 0.15) is 17.3 Å². The molecule has 0 saturated carbocycles. The van der Waals surface area contributed by atoms with Crippen LogP contribution in [0.1, 0.15) is 18.9 Å². The summed E-state index contributed by atoms with van der Waals surface area (Å²) in [5.74, 6) is 0.891. The number of nitrogens with one attached hydrogen (secondary N) is 1. The Morgan fingerprint density at radius 1 is 1.56 bits per heavy atom. The maximum absolute atomic E-state index is 6.04. The van der Waals surface area contributed by atoms with Gasteiger partial charge in [0.25, 0.3) is 0 Å². The van der Waals surface area contributed by atoms with Gasteiger partial charge in [-0.25, -0.2) is 9.97 Å². The molecule has 1 aromatic rings. The third-order valence-electron chi connectivity index (χ3n) is 2.98. The molecule has 1 unspecified atom stereocenters. The maximum Gasteiger partial charge on any atom is 0.137 e. The molecule has 0 aromatic carbocycles. The van der Waals surface area contributed by atoms with E-state index in [-0.39, 0.29) is 0 Å². The molecule has 4 nitrogen and oxygen atoms in total. The first-order valence-electron chi connectivity index (χ1n) is 5.65. The van der Waals surface area contributed by atoms with Gasteiger partial charge >= 0.3 is 0 Å². The van der Waals surface area contributed by atoms with Gasteiger partial charge in [-0.2, -0.15) is 0 Å². The van der Waals surface area contributed by atoms with E-state index >= 15 is 0 Å². The first-order valence-corrected chi connectivity index (χ1v) is 6.03. The number of likely N-dealkylation sites (N-methyl/N-ethyl adjacent to an activating group) is 1. The van der Waals surface area contributed by atoms with E-state index in [9.17, 15) is 0 Å². The molecule has 0 spiro atoms. The van der Waals surface area contributed by atoms with Gasteiger partial charge < -0.3 is 10.2 Å². The van der Waals surface area contributed by atoms with Crippen molar-refractivity contribution in [3.8, 4) is 0 Å². The first-order chi connectivity index (χ1) is 7.70. The lowest BCUT2D eigenvalue weighted by Crippen LogP contribution is -2.24. The van der Waals surface area contributed by atoms with Crippen LogP contribution in [0.5, 0.6) is 0 Å². The average Bonchev–Trinajstić information content (AvgIpc) is 2.64. The summed E-state index contributed by atoms with van der Waals surface area (Å²) in [7, 11) is 2.13. The van der Waals surface area contributed by atoms with Gasteiger partial charge in [0, 0.05) is 18.2 Å². The summed E-state index contributed by atoms with van der Waals surface area (Å²) in [6.07, 6.45) is 3.52. The molecule has 1 fully saturated rings. The largest absolute Gasteiger partial charge is 0.366 e. The van der Waals surface area contributed by atoms with Crippen LogP contribution in [0.25, 0.3) is 0 Å². The van der Waals surface area contributed by atoms with Crippen molar-refractivity contribution in [3.05, 3.63) is 17.0 Å². The Balaban J connectivity index is 2.12. The lowest BCUT2D eigenvalue weighted by Gasteiger charge is -2.16. The Morgan fingerprint density at radius 3 is 3.00 bits per heavy atom. The third-order valence-corrected chi connectivity index (χ3v) is 3.30. The van der Waals surface area contributed by atoms with E-state index in [4.69, 9.17) is 11.6 Å². The molecule has 0 radical (unpaired) electrons. The highest BCUT2D eigenvalue weighted by Crippen LogP contribution is 2.22. The summed E-state index contributed by atoms with van der Waals surface area (Å²) >= 11 is 6.04. The SMILES string of the molecule is CCc1c(Cl)ncnc1NC1CCN(C)C1. The smallest absolute Gasteiger partial charge is 0.137 e. The highest BCUT2D eigenvalue weighted by atomic mass is 35.5. The standard InChI is InChI=1S/C11H17ClN4/c1-3-9-10(12)13-7-14-11(9)15-8-4-5-16(2)6-8/h7-8H,3-6H2,1-2H3,(H,13,14,15). The van der Waals surface area contributed by atoms with Crippen LogP contribution in [0.3, 0.4) is 0 Å². The minimum Gasteiger partial charge on any atom is -0.366 e. The van der Waals surface area contributed by atoms with E-state index in [1.165, 1.54) is 6.33 Å². The number of hydrogen-bond acceptors (Lipinski definition) is 4. The van der Waals surface area contributed by atoms with Gasteiger partial charge in [-0.15, -0.1) is 0 Å². The van der Waals surface area contributed by atoms with Gasteiger partial charge in [-0.3, -0.25) is 0 Å². The van der Waals surface area contributed by atoms with Crippen molar-refractivity contribution in [2.24, 2.45) is 0 Å². The van der Waals surface area contributed by atoms with Crippen LogP contribution in [0, 0.1) is 0 Å². The van der Waals surface area contributed by atoms with Crippen molar-refractivity contribution < 1.29 is 0 Å². The van der Waals surface area contributed by atoms with Crippen molar-refractivity contribution >= 4 is 17.4 Å². The van der Waals surface area contributed by atoms with E-state index in [1.54, 1.807) is 0 Å². The third kappa shape index (κ3) is 2.44. The van der Waals surface area contributed by atoms with Gasteiger partial charge in [0.15, 0.2) is 0 Å². The normalized spacial score (nSPS) is 21.3. The molecule has 2 rings (SSSR count). The van der Waals surface area contributed by atoms with E-state index in [0.717, 1.165) is 37.3 Å². The van der Waals surface area contributed by atoms with E-state index in [1.807, 2.05) is 0 Å². The second kappa shape index (κ2) is 4.97. The number of anilines is 1. The lowest BCUT2D eigenvalue weighted by atomic mass is 10.2. The molecule has 1 saturated heterocycles. The molecule has 1 N–H and O–H groups in total. The van der Waals surface area contributed by atoms with Gasteiger partial charge in [0.05, 0.1) is 0 Å². The van der Waals surface area contributed by atoms with Crippen LogP contribution < -0.4 is 5.32 Å². The first kappa shape index (κ1) is 11.6. The van der Waals surface area contributed by atoms with Crippen LogP contribution in [-0.2, 0) is 6.42 Å². The highest BCUT2D eigenvalue weighted by molar-refractivity contribution is 6.30. The quantitative estimate of drug-likeness (QED) is 0.819. The van der Waals surface area contributed by atoms with Crippen molar-refractivity contribution in [2.75, 3.05) is 25.5 Å². The Labute approximate surface area is 101 Å². The number of rotatable bonds is 3. The van der Waals surface area contributed by atoms with Crippen molar-refractivity contribution in [3.63, 3.8) is 0 Å². The Bertz CT molecular complexity index is 369. The second-order valence-corrected chi connectivity index (χ2v) is 4.60. The molecule has 88 valence electrons. The monoisotopic (exact) mass is 240 g/mol. The van der Waals surface area contributed by atoms with Crippen molar-refractivity contribution in [2.45, 2.75) is 25.8 Å². The lowest BCUT2D eigenvalue weighted by molar-refractivity contribution is 0.414. The Morgan fingerprint density at radius 2 is 2.38 bits per heavy atom. The van der Waals surface area contributed by atoms with Gasteiger partial charge in [-0.05, 0) is 26.4 Å². The molecule has 5 heteroatoms. The molecule has 2 heterocycles. The topological polar surface area (TPSA) is 41.1 Å². The van der Waals surface area contributed by atoms with Gasteiger partial charge in [-0.1, -0.05) is 18.5 Å². The summed E-state index contributed by atoms with van der Waals surface area (Å²) in [6, 6.07) is 0.473. The summed E-state index contributed by atoms with van der Waals surface area (Å²) < 4.78 is 0. The number of hydrogen-bond donors (Lipinski definition) is 1. The summed E-state index contributed by atoms with van der Waals surface area (Å²) in [6.45, 7) is 4.26. The minimum atomic E-state index is 0.473. The zero-order valence-corrected chi connectivity index (χ0v) is 10.5. The van der Waals surface area contributed by atoms with Crippen LogP contribution in [0.15, 0.2) is 6.33 Å². The van der Waals surface area contributed by atoms with Gasteiger partial charge in [0.2, 0.25) is 0 Å². The predicted octanol–water partition coefficient (Wildman–Crippen LogP) is 1.81. The molecular formula is C11H17ClN4. The molecule has 1 aromatic heterocycles. The van der Waals surface area contributed by atoms with Crippen molar-refractivity contribution in [1.82, 2.24) is 14.9 Å². The van der Waals surface area contributed by atoms with Crippen LogP contribution in [0.2, 0.25) is 5.15 Å². The van der Waals surface area contributed by atoms with Crippen LogP contribution in [0.4, 0.5) is 5.82 Å². The number of likely N-dealkylation sites (tertiary alicyclic amines) is 1. The summed E-state index contributed by atoms with van der Waals surface area (Å²) in [4.78, 5) is 10.6. The fourth-order valence-electron chi connectivity index (χ4n) is 2.07. The molecule has 1 atom stereocenters. The zero-order valence-electron chi connectivity index (χ0n) is 9.70. The number of nitrogens with zero attached hydrogens (tertiary/aromatic N) is 3. The summed E-state index contributed by atoms with van der Waals surface area (Å²) in [5.41, 5.74) is 1.01. The maximum atomic E-state index is 6.04. The van der Waals surface area contributed by atoms with Crippen LogP contribution >= 0.6 is 11.6 Å². The zero-order chi connectivity index (χ0) is 11.5. The minimum absolute atomic E-state index is 0.473. The number of halogens is 1. The fraction of sp³-hybridized carbons (Fsp3) is 0.636. The van der Waals surface area contributed by atoms with E-state index in [0.29, 0.717) is 11.2 Å². The second-order valence-electron chi connectivity index (χ2n) is 4.24. The molecular weight excluding hydrogens is 224 g/mol. The Hall–Kier alpha value is -0.870. The molecule has 0 bridgehead atoms. The van der Waals surface area contributed by atoms with Crippen LogP contribution in [-0.4, -0.2) is 41.0 Å². The summed E-state index contributed by atoms with van der Waals surface area (Å²) in [5, 5.41) is 4.02. The molecule has 0 aliphatic carbocycles. The average molecular weight is 241 g/mol. The molecule has 0 amide bonds. The number of aromatic nitrogens is 2. The van der Waals surface area contributed by atoms with E-state index < -0.39 is 0 Å². The predicted molar refractivity (Wildman–Crippen MR) is 65.9 cm³/mol. The highest BCUT2D eigenvalue weighted by Gasteiger charge is 2.20. The molecule has 1 aliphatic rings. The van der Waals surface area contributed by atoms with E-state index in [2.05, 4.69) is 34.2 Å². The fourth-order valence-corrected chi connectivity index (χ4v) is 2.34. The molecule has 1 aliphatic heterocycles. The Kier molecular flexibility index (Phi) is 3.61. The molecule has 16 heavy (non-hydrogen) atoms.